The van der Waals surface area contributed by atoms with Gasteiger partial charge < -0.3 is 10.1 Å². The molecule has 1 aromatic carbocycles. The van der Waals surface area contributed by atoms with Crippen molar-refractivity contribution in [3.05, 3.63) is 71.3 Å². The Balaban J connectivity index is 0.000000149. The second-order valence-corrected chi connectivity index (χ2v) is 3.58. The summed E-state index contributed by atoms with van der Waals surface area (Å²) < 4.78 is 0. The molecule has 18 heavy (non-hydrogen) atoms. The van der Waals surface area contributed by atoms with Gasteiger partial charge in [-0.25, -0.2) is 0 Å². The van der Waals surface area contributed by atoms with Crippen LogP contribution in [0.25, 0.3) is 10.9 Å². The summed E-state index contributed by atoms with van der Waals surface area (Å²) in [5.74, 6) is 0.239. The molecule has 0 amide bonds. The lowest BCUT2D eigenvalue weighted by Crippen LogP contribution is -1.98. The van der Waals surface area contributed by atoms with Gasteiger partial charge in [0.05, 0.1) is 0 Å². The number of rotatable bonds is 0. The standard InChI is InChI=1S/C9H7NO.C5H5NO/c11-8-5-1-3-7-4-2-6-10-9(7)8;7-5-3-1-2-4-6-5/h1-6,11H;1-4H,(H,6,7). The summed E-state index contributed by atoms with van der Waals surface area (Å²) >= 11 is 0. The first-order valence-corrected chi connectivity index (χ1v) is 5.44. The SMILES string of the molecule is O=c1cccc[nH]1.Oc1cccc2cccnc12. The number of hydrogen-bond donors (Lipinski definition) is 2. The maximum absolute atomic E-state index is 10.2. The third-order valence-corrected chi connectivity index (χ3v) is 2.29. The molecular weight excluding hydrogens is 228 g/mol. The predicted molar refractivity (Wildman–Crippen MR) is 70.5 cm³/mol. The number of nitrogens with zero attached hydrogens (tertiary/aromatic N) is 1. The molecule has 0 fully saturated rings. The second kappa shape index (κ2) is 5.63. The molecule has 0 atom stereocenters. The summed E-state index contributed by atoms with van der Waals surface area (Å²) in [7, 11) is 0. The Morgan fingerprint density at radius 1 is 1.00 bits per heavy atom. The van der Waals surface area contributed by atoms with E-state index < -0.39 is 0 Å². The quantitative estimate of drug-likeness (QED) is 0.633. The molecule has 0 radical (unpaired) electrons. The average Bonchev–Trinajstić information content (AvgIpc) is 2.41. The lowest BCUT2D eigenvalue weighted by atomic mass is 10.2. The van der Waals surface area contributed by atoms with Gasteiger partial charge in [0.15, 0.2) is 0 Å². The van der Waals surface area contributed by atoms with Crippen LogP contribution in [0.15, 0.2) is 65.7 Å². The van der Waals surface area contributed by atoms with Crippen molar-refractivity contribution in [1.29, 1.82) is 0 Å². The van der Waals surface area contributed by atoms with Crippen molar-refractivity contribution in [3.8, 4) is 5.75 Å². The number of phenolic OH excluding ortho intramolecular Hbond substituents is 1. The van der Waals surface area contributed by atoms with E-state index in [2.05, 4.69) is 9.97 Å². The minimum absolute atomic E-state index is 0.0532. The first kappa shape index (κ1) is 11.9. The molecule has 0 saturated heterocycles. The number of hydrogen-bond acceptors (Lipinski definition) is 3. The number of H-pyrrole nitrogens is 1. The number of aromatic nitrogens is 2. The maximum Gasteiger partial charge on any atom is 0.247 e. The summed E-state index contributed by atoms with van der Waals surface area (Å²) in [5, 5.41) is 10.3. The van der Waals surface area contributed by atoms with Crippen molar-refractivity contribution >= 4 is 10.9 Å². The van der Waals surface area contributed by atoms with Crippen molar-refractivity contribution in [3.63, 3.8) is 0 Å². The van der Waals surface area contributed by atoms with E-state index >= 15 is 0 Å². The van der Waals surface area contributed by atoms with E-state index in [0.717, 1.165) is 5.39 Å². The van der Waals surface area contributed by atoms with Gasteiger partial charge >= 0.3 is 0 Å². The van der Waals surface area contributed by atoms with Crippen LogP contribution >= 0.6 is 0 Å². The molecule has 0 bridgehead atoms. The summed E-state index contributed by atoms with van der Waals surface area (Å²) in [6.45, 7) is 0. The second-order valence-electron chi connectivity index (χ2n) is 3.58. The van der Waals surface area contributed by atoms with Crippen LogP contribution in [0.5, 0.6) is 5.75 Å². The predicted octanol–water partition coefficient (Wildman–Crippen LogP) is 2.32. The fraction of sp³-hybridized carbons (Fsp3) is 0. The number of nitrogens with one attached hydrogen (secondary N) is 1. The molecule has 3 aromatic rings. The Labute approximate surface area is 104 Å². The van der Waals surface area contributed by atoms with Crippen molar-refractivity contribution in [2.45, 2.75) is 0 Å². The number of pyridine rings is 2. The highest BCUT2D eigenvalue weighted by atomic mass is 16.3. The fourth-order valence-corrected chi connectivity index (χ4v) is 1.46. The zero-order chi connectivity index (χ0) is 12.8. The van der Waals surface area contributed by atoms with E-state index in [1.165, 1.54) is 6.07 Å². The number of fused-ring (bicyclic) bond motifs is 1. The van der Waals surface area contributed by atoms with Crippen LogP contribution in [-0.2, 0) is 0 Å². The van der Waals surface area contributed by atoms with E-state index in [1.807, 2.05) is 18.2 Å². The summed E-state index contributed by atoms with van der Waals surface area (Å²) in [4.78, 5) is 16.7. The Morgan fingerprint density at radius 2 is 1.83 bits per heavy atom. The zero-order valence-electron chi connectivity index (χ0n) is 9.58. The van der Waals surface area contributed by atoms with E-state index in [-0.39, 0.29) is 11.3 Å². The number of aromatic amines is 1. The van der Waals surface area contributed by atoms with Crippen LogP contribution in [0.3, 0.4) is 0 Å². The molecule has 2 heterocycles. The van der Waals surface area contributed by atoms with Crippen LogP contribution in [-0.4, -0.2) is 15.1 Å². The van der Waals surface area contributed by atoms with Crippen LogP contribution in [0, 0.1) is 0 Å². The van der Waals surface area contributed by atoms with Crippen molar-refractivity contribution < 1.29 is 5.11 Å². The first-order valence-electron chi connectivity index (χ1n) is 5.44. The topological polar surface area (TPSA) is 66.0 Å². The van der Waals surface area contributed by atoms with Crippen LogP contribution in [0.2, 0.25) is 0 Å². The van der Waals surface area contributed by atoms with E-state index in [0.29, 0.717) is 5.52 Å². The van der Waals surface area contributed by atoms with Gasteiger partial charge in [0, 0.05) is 23.8 Å². The van der Waals surface area contributed by atoms with E-state index in [4.69, 9.17) is 0 Å². The highest BCUT2D eigenvalue weighted by molar-refractivity contribution is 5.83. The van der Waals surface area contributed by atoms with Gasteiger partial charge in [-0.1, -0.05) is 24.3 Å². The van der Waals surface area contributed by atoms with Gasteiger partial charge in [-0.2, -0.15) is 0 Å². The lowest BCUT2D eigenvalue weighted by Gasteiger charge is -1.96. The smallest absolute Gasteiger partial charge is 0.247 e. The van der Waals surface area contributed by atoms with E-state index in [1.54, 1.807) is 36.7 Å². The Bertz CT molecular complexity index is 669. The minimum atomic E-state index is -0.0532. The van der Waals surface area contributed by atoms with Gasteiger partial charge in [0.2, 0.25) is 5.56 Å². The molecule has 90 valence electrons. The number of para-hydroxylation sites is 1. The fourth-order valence-electron chi connectivity index (χ4n) is 1.46. The molecule has 4 nitrogen and oxygen atoms in total. The highest BCUT2D eigenvalue weighted by Crippen LogP contribution is 2.20. The molecule has 0 saturated carbocycles. The Morgan fingerprint density at radius 3 is 2.44 bits per heavy atom. The van der Waals surface area contributed by atoms with Gasteiger partial charge in [-0.3, -0.25) is 9.78 Å². The zero-order valence-corrected chi connectivity index (χ0v) is 9.58. The molecular formula is C14H12N2O2. The Kier molecular flexibility index (Phi) is 3.71. The molecule has 3 rings (SSSR count). The maximum atomic E-state index is 10.2. The molecule has 4 heteroatoms. The summed E-state index contributed by atoms with van der Waals surface area (Å²) in [6, 6.07) is 14.1. The number of phenols is 1. The van der Waals surface area contributed by atoms with E-state index in [9.17, 15) is 9.90 Å². The van der Waals surface area contributed by atoms with Crippen molar-refractivity contribution in [1.82, 2.24) is 9.97 Å². The first-order chi connectivity index (χ1) is 8.77. The minimum Gasteiger partial charge on any atom is -0.506 e. The number of benzene rings is 1. The third kappa shape index (κ3) is 2.95. The third-order valence-electron chi connectivity index (χ3n) is 2.29. The van der Waals surface area contributed by atoms with Gasteiger partial charge in [-0.15, -0.1) is 0 Å². The normalized spacial score (nSPS) is 9.56. The van der Waals surface area contributed by atoms with Crippen LogP contribution < -0.4 is 5.56 Å². The highest BCUT2D eigenvalue weighted by Gasteiger charge is 1.96. The molecule has 2 aromatic heterocycles. The van der Waals surface area contributed by atoms with Gasteiger partial charge in [0.25, 0.3) is 0 Å². The molecule has 0 spiro atoms. The molecule has 0 aliphatic heterocycles. The molecule has 0 aliphatic rings. The summed E-state index contributed by atoms with van der Waals surface area (Å²) in [6.07, 6.45) is 3.27. The monoisotopic (exact) mass is 240 g/mol. The molecule has 0 aliphatic carbocycles. The molecule has 2 N–H and O–H groups in total. The lowest BCUT2D eigenvalue weighted by molar-refractivity contribution is 0.480. The average molecular weight is 240 g/mol. The van der Waals surface area contributed by atoms with Crippen molar-refractivity contribution in [2.24, 2.45) is 0 Å². The number of aromatic hydroxyl groups is 1. The van der Waals surface area contributed by atoms with Gasteiger partial charge in [-0.05, 0) is 18.2 Å². The van der Waals surface area contributed by atoms with Crippen molar-refractivity contribution in [2.75, 3.05) is 0 Å². The van der Waals surface area contributed by atoms with Crippen LogP contribution in [0.1, 0.15) is 0 Å². The largest absolute Gasteiger partial charge is 0.506 e. The van der Waals surface area contributed by atoms with Crippen LogP contribution in [0.4, 0.5) is 0 Å². The summed E-state index contributed by atoms with van der Waals surface area (Å²) in [5.41, 5.74) is 0.609. The Hall–Kier alpha value is -2.62. The van der Waals surface area contributed by atoms with Gasteiger partial charge in [0.1, 0.15) is 11.3 Å². The molecule has 0 unspecified atom stereocenters.